The van der Waals surface area contributed by atoms with Crippen molar-refractivity contribution in [3.8, 4) is 5.75 Å². The van der Waals surface area contributed by atoms with Gasteiger partial charge >= 0.3 is 0 Å². The molecule has 0 unspecified atom stereocenters. The number of nitrogens with one attached hydrogen (secondary N) is 1. The molecule has 0 atom stereocenters. The molecule has 2 rings (SSSR count). The normalized spacial score (nSPS) is 10.7. The van der Waals surface area contributed by atoms with Crippen LogP contribution in [-0.2, 0) is 13.2 Å². The molecule has 19 heavy (non-hydrogen) atoms. The summed E-state index contributed by atoms with van der Waals surface area (Å²) in [7, 11) is 0. The van der Waals surface area contributed by atoms with E-state index < -0.39 is 0 Å². The van der Waals surface area contributed by atoms with Crippen LogP contribution in [0.3, 0.4) is 0 Å². The van der Waals surface area contributed by atoms with E-state index in [1.165, 1.54) is 0 Å². The van der Waals surface area contributed by atoms with Crippen LogP contribution >= 0.6 is 22.9 Å². The van der Waals surface area contributed by atoms with Crippen molar-refractivity contribution in [2.24, 2.45) is 0 Å². The lowest BCUT2D eigenvalue weighted by Gasteiger charge is -2.07. The van der Waals surface area contributed by atoms with Crippen LogP contribution in [-0.4, -0.2) is 11.5 Å². The zero-order valence-electron chi connectivity index (χ0n) is 11.1. The van der Waals surface area contributed by atoms with Crippen LogP contribution in [0.4, 0.5) is 0 Å². The van der Waals surface area contributed by atoms with Crippen LogP contribution in [0.5, 0.6) is 5.75 Å². The second kappa shape index (κ2) is 6.89. The van der Waals surface area contributed by atoms with Crippen LogP contribution in [0.15, 0.2) is 23.6 Å². The highest BCUT2D eigenvalue weighted by Crippen LogP contribution is 2.23. The average molecular weight is 297 g/mol. The van der Waals surface area contributed by atoms with Gasteiger partial charge in [-0.1, -0.05) is 18.5 Å². The fourth-order valence-corrected chi connectivity index (χ4v) is 2.63. The lowest BCUT2D eigenvalue weighted by molar-refractivity contribution is 0.300. The minimum atomic E-state index is 0.491. The highest BCUT2D eigenvalue weighted by Gasteiger charge is 2.04. The molecule has 1 aromatic heterocycles. The van der Waals surface area contributed by atoms with E-state index in [0.29, 0.717) is 6.61 Å². The van der Waals surface area contributed by atoms with Crippen LogP contribution in [0, 0.1) is 6.92 Å². The molecule has 102 valence electrons. The Kier molecular flexibility index (Phi) is 5.19. The number of hydrogen-bond acceptors (Lipinski definition) is 4. The fourth-order valence-electron chi connectivity index (χ4n) is 1.65. The summed E-state index contributed by atoms with van der Waals surface area (Å²) in [6, 6.07) is 5.62. The van der Waals surface area contributed by atoms with E-state index in [9.17, 15) is 0 Å². The first-order valence-corrected chi connectivity index (χ1v) is 7.47. The molecule has 0 bridgehead atoms. The molecular weight excluding hydrogens is 280 g/mol. The van der Waals surface area contributed by atoms with E-state index >= 15 is 0 Å². The molecule has 0 aliphatic heterocycles. The summed E-state index contributed by atoms with van der Waals surface area (Å²) in [5.41, 5.74) is 2.00. The number of hydrogen-bond donors (Lipinski definition) is 1. The van der Waals surface area contributed by atoms with Gasteiger partial charge in [-0.2, -0.15) is 0 Å². The maximum Gasteiger partial charge on any atom is 0.131 e. The number of ether oxygens (including phenoxy) is 1. The van der Waals surface area contributed by atoms with Crippen LogP contribution < -0.4 is 10.1 Å². The number of thiazole rings is 1. The van der Waals surface area contributed by atoms with Gasteiger partial charge in [0.15, 0.2) is 0 Å². The van der Waals surface area contributed by atoms with Crippen molar-refractivity contribution in [3.05, 3.63) is 44.9 Å². The van der Waals surface area contributed by atoms with Gasteiger partial charge in [0.05, 0.1) is 5.69 Å². The molecule has 0 amide bonds. The molecule has 0 fully saturated rings. The first kappa shape index (κ1) is 14.3. The Labute approximate surface area is 122 Å². The summed E-state index contributed by atoms with van der Waals surface area (Å²) < 4.78 is 5.76. The van der Waals surface area contributed by atoms with Gasteiger partial charge in [-0.05, 0) is 37.2 Å². The van der Waals surface area contributed by atoms with E-state index in [1.54, 1.807) is 11.3 Å². The third-order valence-electron chi connectivity index (χ3n) is 2.64. The lowest BCUT2D eigenvalue weighted by Crippen LogP contribution is -2.11. The molecule has 2 aromatic rings. The van der Waals surface area contributed by atoms with Crippen molar-refractivity contribution in [3.63, 3.8) is 0 Å². The molecule has 5 heteroatoms. The molecule has 0 saturated heterocycles. The SMILES string of the molecule is CCNCc1nc(COc2ccc(Cl)cc2C)cs1. The quantitative estimate of drug-likeness (QED) is 0.880. The predicted molar refractivity (Wildman–Crippen MR) is 80.0 cm³/mol. The molecule has 0 aliphatic rings. The summed E-state index contributed by atoms with van der Waals surface area (Å²) in [6.45, 7) is 6.33. The Balaban J connectivity index is 1.92. The molecule has 1 heterocycles. The minimum absolute atomic E-state index is 0.491. The van der Waals surface area contributed by atoms with E-state index in [4.69, 9.17) is 16.3 Å². The van der Waals surface area contributed by atoms with Crippen molar-refractivity contribution < 1.29 is 4.74 Å². The summed E-state index contributed by atoms with van der Waals surface area (Å²) in [4.78, 5) is 4.52. The van der Waals surface area contributed by atoms with Crippen molar-refractivity contribution in [2.75, 3.05) is 6.54 Å². The molecular formula is C14H17ClN2OS. The number of aromatic nitrogens is 1. The molecule has 0 saturated carbocycles. The average Bonchev–Trinajstić information content (AvgIpc) is 2.83. The van der Waals surface area contributed by atoms with Crippen molar-refractivity contribution in [2.45, 2.75) is 27.0 Å². The smallest absolute Gasteiger partial charge is 0.131 e. The van der Waals surface area contributed by atoms with E-state index in [0.717, 1.165) is 40.1 Å². The number of halogens is 1. The number of benzene rings is 1. The fraction of sp³-hybridized carbons (Fsp3) is 0.357. The Morgan fingerprint density at radius 3 is 3.00 bits per heavy atom. The summed E-state index contributed by atoms with van der Waals surface area (Å²) >= 11 is 7.57. The molecule has 1 N–H and O–H groups in total. The summed E-state index contributed by atoms with van der Waals surface area (Å²) in [5, 5.41) is 7.12. The largest absolute Gasteiger partial charge is 0.487 e. The zero-order chi connectivity index (χ0) is 13.7. The monoisotopic (exact) mass is 296 g/mol. The van der Waals surface area contributed by atoms with Gasteiger partial charge in [0.1, 0.15) is 17.4 Å². The zero-order valence-corrected chi connectivity index (χ0v) is 12.6. The molecule has 0 aliphatic carbocycles. The number of aryl methyl sites for hydroxylation is 1. The standard InChI is InChI=1S/C14H17ClN2OS/c1-3-16-7-14-17-12(9-19-14)8-18-13-5-4-11(15)6-10(13)2/h4-6,9,16H,3,7-8H2,1-2H3. The second-order valence-electron chi connectivity index (χ2n) is 4.21. The molecule has 1 aromatic carbocycles. The van der Waals surface area contributed by atoms with Gasteiger partial charge in [-0.25, -0.2) is 4.98 Å². The third kappa shape index (κ3) is 4.20. The Morgan fingerprint density at radius 1 is 1.42 bits per heavy atom. The molecule has 3 nitrogen and oxygen atoms in total. The summed E-state index contributed by atoms with van der Waals surface area (Å²) in [5.74, 6) is 0.852. The number of rotatable bonds is 6. The van der Waals surface area contributed by atoms with Crippen LogP contribution in [0.2, 0.25) is 5.02 Å². The molecule has 0 spiro atoms. The Morgan fingerprint density at radius 2 is 2.26 bits per heavy atom. The van der Waals surface area contributed by atoms with Gasteiger partial charge in [0.2, 0.25) is 0 Å². The Hall–Kier alpha value is -1.10. The highest BCUT2D eigenvalue weighted by molar-refractivity contribution is 7.09. The second-order valence-corrected chi connectivity index (χ2v) is 5.59. The Bertz CT molecular complexity index is 542. The van der Waals surface area contributed by atoms with E-state index in [1.807, 2.05) is 30.5 Å². The first-order chi connectivity index (χ1) is 9.19. The van der Waals surface area contributed by atoms with Gasteiger partial charge in [0, 0.05) is 16.9 Å². The number of nitrogens with zero attached hydrogens (tertiary/aromatic N) is 1. The van der Waals surface area contributed by atoms with Gasteiger partial charge < -0.3 is 10.1 Å². The highest BCUT2D eigenvalue weighted by atomic mass is 35.5. The maximum absolute atomic E-state index is 5.91. The van der Waals surface area contributed by atoms with Crippen molar-refractivity contribution >= 4 is 22.9 Å². The minimum Gasteiger partial charge on any atom is -0.487 e. The maximum atomic E-state index is 5.91. The summed E-state index contributed by atoms with van der Waals surface area (Å²) in [6.07, 6.45) is 0. The van der Waals surface area contributed by atoms with E-state index in [-0.39, 0.29) is 0 Å². The van der Waals surface area contributed by atoms with Gasteiger partial charge in [-0.15, -0.1) is 11.3 Å². The van der Waals surface area contributed by atoms with Crippen LogP contribution in [0.1, 0.15) is 23.2 Å². The lowest BCUT2D eigenvalue weighted by atomic mass is 10.2. The van der Waals surface area contributed by atoms with Crippen molar-refractivity contribution in [1.29, 1.82) is 0 Å². The van der Waals surface area contributed by atoms with Crippen LogP contribution in [0.25, 0.3) is 0 Å². The van der Waals surface area contributed by atoms with E-state index in [2.05, 4.69) is 17.2 Å². The topological polar surface area (TPSA) is 34.2 Å². The third-order valence-corrected chi connectivity index (χ3v) is 3.77. The first-order valence-electron chi connectivity index (χ1n) is 6.22. The predicted octanol–water partition coefficient (Wildman–Crippen LogP) is 3.79. The molecule has 0 radical (unpaired) electrons. The van der Waals surface area contributed by atoms with Crippen molar-refractivity contribution in [1.82, 2.24) is 10.3 Å². The van der Waals surface area contributed by atoms with Gasteiger partial charge in [-0.3, -0.25) is 0 Å². The van der Waals surface area contributed by atoms with Gasteiger partial charge in [0.25, 0.3) is 0 Å².